The minimum Gasteiger partial charge on any atom is -0.439 e. The number of aliphatic hydroxyl groups excluding tert-OH is 1. The monoisotopic (exact) mass is 344 g/mol. The summed E-state index contributed by atoms with van der Waals surface area (Å²) in [5.41, 5.74) is 1.97. The summed E-state index contributed by atoms with van der Waals surface area (Å²) in [6.07, 6.45) is 2.14. The number of likely N-dealkylation sites (tertiary alicyclic amines) is 1. The summed E-state index contributed by atoms with van der Waals surface area (Å²) in [4.78, 5) is 2.33. The first-order valence-electron chi connectivity index (χ1n) is 9.00. The van der Waals surface area contributed by atoms with Gasteiger partial charge in [-0.1, -0.05) is 18.2 Å². The Hall–Kier alpha value is -1.89. The van der Waals surface area contributed by atoms with Gasteiger partial charge in [-0.15, -0.1) is 0 Å². The van der Waals surface area contributed by atoms with E-state index in [4.69, 9.17) is 4.74 Å². The average Bonchev–Trinajstić information content (AvgIpc) is 3.19. The molecule has 2 heterocycles. The number of benzene rings is 1. The number of rotatable bonds is 8. The van der Waals surface area contributed by atoms with Crippen LogP contribution >= 0.6 is 0 Å². The van der Waals surface area contributed by atoms with Gasteiger partial charge in [0.1, 0.15) is 5.75 Å². The standard InChI is InChI=1S/C19H28N4O2/c1-15-18(13-20-12-16(24)14-23-10-6-7-11-23)19(22(2)21-15)25-17-8-4-3-5-9-17/h3-5,8-9,16,20,24H,6-7,10-14H2,1-2H3. The van der Waals surface area contributed by atoms with Crippen molar-refractivity contribution >= 4 is 0 Å². The molecule has 1 saturated heterocycles. The van der Waals surface area contributed by atoms with Crippen molar-refractivity contribution in [2.24, 2.45) is 7.05 Å². The zero-order valence-corrected chi connectivity index (χ0v) is 15.1. The smallest absolute Gasteiger partial charge is 0.222 e. The number of hydrogen-bond donors (Lipinski definition) is 2. The first kappa shape index (κ1) is 17.9. The number of aryl methyl sites for hydroxylation is 2. The molecule has 0 amide bonds. The van der Waals surface area contributed by atoms with Crippen molar-refractivity contribution in [3.8, 4) is 11.6 Å². The van der Waals surface area contributed by atoms with Crippen molar-refractivity contribution < 1.29 is 9.84 Å². The number of aliphatic hydroxyl groups is 1. The number of β-amino-alcohol motifs (C(OH)–C–C–N with tert-alkyl or cyclic N) is 1. The first-order valence-corrected chi connectivity index (χ1v) is 9.00. The van der Waals surface area contributed by atoms with Crippen LogP contribution in [0, 0.1) is 6.92 Å². The predicted molar refractivity (Wildman–Crippen MR) is 97.8 cm³/mol. The molecular formula is C19H28N4O2. The van der Waals surface area contributed by atoms with Crippen LogP contribution in [0.15, 0.2) is 30.3 Å². The summed E-state index contributed by atoms with van der Waals surface area (Å²) in [7, 11) is 1.89. The molecule has 0 spiro atoms. The van der Waals surface area contributed by atoms with Crippen molar-refractivity contribution in [1.29, 1.82) is 0 Å². The van der Waals surface area contributed by atoms with Crippen molar-refractivity contribution in [3.05, 3.63) is 41.6 Å². The fraction of sp³-hybridized carbons (Fsp3) is 0.526. The second-order valence-electron chi connectivity index (χ2n) is 6.70. The molecule has 0 aliphatic carbocycles. The Balaban J connectivity index is 1.56. The summed E-state index contributed by atoms with van der Waals surface area (Å²) in [5.74, 6) is 1.53. The topological polar surface area (TPSA) is 62.6 Å². The maximum absolute atomic E-state index is 10.2. The summed E-state index contributed by atoms with van der Waals surface area (Å²) in [6, 6.07) is 9.72. The number of hydrogen-bond acceptors (Lipinski definition) is 5. The van der Waals surface area contributed by atoms with E-state index >= 15 is 0 Å². The maximum atomic E-state index is 10.2. The highest BCUT2D eigenvalue weighted by Gasteiger charge is 2.18. The van der Waals surface area contributed by atoms with E-state index in [2.05, 4.69) is 15.3 Å². The summed E-state index contributed by atoms with van der Waals surface area (Å²) >= 11 is 0. The molecule has 6 nitrogen and oxygen atoms in total. The minimum absolute atomic E-state index is 0.353. The van der Waals surface area contributed by atoms with Crippen LogP contribution in [0.25, 0.3) is 0 Å². The minimum atomic E-state index is -0.353. The molecule has 3 rings (SSSR count). The summed E-state index contributed by atoms with van der Waals surface area (Å²) < 4.78 is 7.78. The quantitative estimate of drug-likeness (QED) is 0.768. The van der Waals surface area contributed by atoms with E-state index in [9.17, 15) is 5.11 Å². The third-order valence-electron chi connectivity index (χ3n) is 4.60. The Bertz CT molecular complexity index is 666. The molecule has 2 N–H and O–H groups in total. The highest BCUT2D eigenvalue weighted by molar-refractivity contribution is 5.35. The Morgan fingerprint density at radius 3 is 2.68 bits per heavy atom. The lowest BCUT2D eigenvalue weighted by atomic mass is 10.2. The van der Waals surface area contributed by atoms with Gasteiger partial charge in [-0.05, 0) is 45.0 Å². The third-order valence-corrected chi connectivity index (χ3v) is 4.60. The lowest BCUT2D eigenvalue weighted by Gasteiger charge is -2.19. The molecule has 1 atom stereocenters. The van der Waals surface area contributed by atoms with Crippen LogP contribution in [0.4, 0.5) is 0 Å². The second kappa shape index (κ2) is 8.47. The molecule has 1 unspecified atom stereocenters. The lowest BCUT2D eigenvalue weighted by Crippen LogP contribution is -2.36. The number of nitrogens with one attached hydrogen (secondary N) is 1. The van der Waals surface area contributed by atoms with Gasteiger partial charge >= 0.3 is 0 Å². The number of nitrogens with zero attached hydrogens (tertiary/aromatic N) is 3. The Morgan fingerprint density at radius 1 is 1.24 bits per heavy atom. The molecule has 1 aliphatic rings. The molecular weight excluding hydrogens is 316 g/mol. The molecule has 6 heteroatoms. The zero-order valence-electron chi connectivity index (χ0n) is 15.1. The Morgan fingerprint density at radius 2 is 1.96 bits per heavy atom. The van der Waals surface area contributed by atoms with Crippen LogP contribution < -0.4 is 10.1 Å². The van der Waals surface area contributed by atoms with Crippen molar-refractivity contribution in [2.75, 3.05) is 26.2 Å². The summed E-state index contributed by atoms with van der Waals surface area (Å²) in [6.45, 7) is 6.12. The van der Waals surface area contributed by atoms with Gasteiger partial charge < -0.3 is 20.1 Å². The van der Waals surface area contributed by atoms with Gasteiger partial charge in [-0.3, -0.25) is 0 Å². The molecule has 1 aromatic carbocycles. The van der Waals surface area contributed by atoms with Crippen LogP contribution in [0.1, 0.15) is 24.1 Å². The van der Waals surface area contributed by atoms with E-state index in [1.807, 2.05) is 44.3 Å². The first-order chi connectivity index (χ1) is 12.1. The second-order valence-corrected chi connectivity index (χ2v) is 6.70. The van der Waals surface area contributed by atoms with Crippen LogP contribution in [0.5, 0.6) is 11.6 Å². The third kappa shape index (κ3) is 4.81. The molecule has 0 radical (unpaired) electrons. The van der Waals surface area contributed by atoms with Gasteiger partial charge in [0.25, 0.3) is 0 Å². The number of aromatic nitrogens is 2. The fourth-order valence-corrected chi connectivity index (χ4v) is 3.30. The van der Waals surface area contributed by atoms with E-state index in [1.165, 1.54) is 12.8 Å². The molecule has 1 aliphatic heterocycles. The Kier molecular flexibility index (Phi) is 6.07. The highest BCUT2D eigenvalue weighted by Crippen LogP contribution is 2.26. The maximum Gasteiger partial charge on any atom is 0.222 e. The zero-order chi connectivity index (χ0) is 17.6. The SMILES string of the molecule is Cc1nn(C)c(Oc2ccccc2)c1CNCC(O)CN1CCCC1. The molecule has 2 aromatic rings. The van der Waals surface area contributed by atoms with Gasteiger partial charge in [-0.2, -0.15) is 5.10 Å². The van der Waals surface area contributed by atoms with Crippen molar-refractivity contribution in [3.63, 3.8) is 0 Å². The van der Waals surface area contributed by atoms with Gasteiger partial charge in [0.05, 0.1) is 17.4 Å². The van der Waals surface area contributed by atoms with Crippen LogP contribution in [-0.4, -0.2) is 52.1 Å². The van der Waals surface area contributed by atoms with E-state index in [0.717, 1.165) is 42.5 Å². The Labute approximate surface area is 149 Å². The van der Waals surface area contributed by atoms with Crippen LogP contribution in [0.2, 0.25) is 0 Å². The molecule has 1 aromatic heterocycles. The fourth-order valence-electron chi connectivity index (χ4n) is 3.30. The summed E-state index contributed by atoms with van der Waals surface area (Å²) in [5, 5.41) is 18.0. The molecule has 1 fully saturated rings. The predicted octanol–water partition coefficient (Wildman–Crippen LogP) is 2.07. The largest absolute Gasteiger partial charge is 0.439 e. The normalized spacial score (nSPS) is 16.3. The van der Waals surface area contributed by atoms with Gasteiger partial charge in [-0.25, -0.2) is 4.68 Å². The van der Waals surface area contributed by atoms with Crippen molar-refractivity contribution in [2.45, 2.75) is 32.4 Å². The molecule has 0 saturated carbocycles. The van der Waals surface area contributed by atoms with Crippen molar-refractivity contribution in [1.82, 2.24) is 20.0 Å². The van der Waals surface area contributed by atoms with Crippen LogP contribution in [-0.2, 0) is 13.6 Å². The van der Waals surface area contributed by atoms with E-state index in [0.29, 0.717) is 13.1 Å². The molecule has 136 valence electrons. The molecule has 0 bridgehead atoms. The van der Waals surface area contributed by atoms with Gasteiger partial charge in [0, 0.05) is 26.7 Å². The number of para-hydroxylation sites is 1. The van der Waals surface area contributed by atoms with Crippen LogP contribution in [0.3, 0.4) is 0 Å². The molecule has 25 heavy (non-hydrogen) atoms. The van der Waals surface area contributed by atoms with E-state index in [1.54, 1.807) is 4.68 Å². The average molecular weight is 344 g/mol. The van der Waals surface area contributed by atoms with E-state index in [-0.39, 0.29) is 6.10 Å². The van der Waals surface area contributed by atoms with E-state index < -0.39 is 0 Å². The lowest BCUT2D eigenvalue weighted by molar-refractivity contribution is 0.123. The van der Waals surface area contributed by atoms with Gasteiger partial charge in [0.2, 0.25) is 5.88 Å². The number of ether oxygens (including phenoxy) is 1. The highest BCUT2D eigenvalue weighted by atomic mass is 16.5. The van der Waals surface area contributed by atoms with Gasteiger partial charge in [0.15, 0.2) is 0 Å².